The van der Waals surface area contributed by atoms with E-state index < -0.39 is 28.9 Å². The molecule has 16 heteroatoms. The molecule has 0 bridgehead atoms. The Morgan fingerprint density at radius 2 is 1.28 bits per heavy atom. The highest BCUT2D eigenvalue weighted by atomic mass is 16.5. The van der Waals surface area contributed by atoms with E-state index >= 15 is 0 Å². The van der Waals surface area contributed by atoms with Crippen LogP contribution in [0.4, 0.5) is 0 Å². The summed E-state index contributed by atoms with van der Waals surface area (Å²) in [6.07, 6.45) is 2.52. The second kappa shape index (κ2) is 25.2. The fraction of sp³-hybridized carbons (Fsp3) is 0.489. The van der Waals surface area contributed by atoms with Crippen LogP contribution >= 0.6 is 0 Å². The van der Waals surface area contributed by atoms with Crippen molar-refractivity contribution in [1.29, 1.82) is 0 Å². The third-order valence-electron chi connectivity index (χ3n) is 9.24. The van der Waals surface area contributed by atoms with Crippen molar-refractivity contribution in [2.75, 3.05) is 52.8 Å². The van der Waals surface area contributed by atoms with Crippen LogP contribution in [0, 0.1) is 5.41 Å². The van der Waals surface area contributed by atoms with Gasteiger partial charge in [-0.15, -0.1) is 0 Å². The Bertz CT molecular complexity index is 1890. The maximum Gasteiger partial charge on any atom is 0.338 e. The van der Waals surface area contributed by atoms with Crippen molar-refractivity contribution in [2.24, 2.45) is 11.1 Å². The van der Waals surface area contributed by atoms with Crippen LogP contribution in [0.2, 0.25) is 0 Å². The zero-order valence-electron chi connectivity index (χ0n) is 36.1. The van der Waals surface area contributed by atoms with Gasteiger partial charge in [-0.05, 0) is 101 Å². The predicted molar refractivity (Wildman–Crippen MR) is 228 cm³/mol. The normalized spacial score (nSPS) is 11.9. The van der Waals surface area contributed by atoms with E-state index in [4.69, 9.17) is 34.2 Å². The molecule has 0 saturated carbocycles. The van der Waals surface area contributed by atoms with Gasteiger partial charge in [0, 0.05) is 25.7 Å². The quantitative estimate of drug-likeness (QED) is 0.0369. The number of carbonyl (C=O) groups is 5. The Kier molecular flexibility index (Phi) is 20.5. The molecule has 0 aromatic heterocycles. The number of carbonyl (C=O) groups excluding carboxylic acids is 4. The Balaban J connectivity index is 1.85. The average molecular weight is 851 g/mol. The first-order chi connectivity index (χ1) is 29.0. The Morgan fingerprint density at radius 3 is 1.84 bits per heavy atom. The van der Waals surface area contributed by atoms with Gasteiger partial charge < -0.3 is 55.2 Å². The molecule has 6 N–H and O–H groups in total. The molecule has 0 radical (unpaired) electrons. The molecule has 0 aliphatic heterocycles. The van der Waals surface area contributed by atoms with Gasteiger partial charge in [0.05, 0.1) is 36.0 Å². The molecule has 0 aliphatic rings. The summed E-state index contributed by atoms with van der Waals surface area (Å²) in [5.74, 6) is -2.10. The number of rotatable bonds is 28. The minimum atomic E-state index is -1.07. The second-order valence-electron chi connectivity index (χ2n) is 15.7. The standard InChI is InChI=1S/C45H62N4O12/c1-7-8-16-47-39(50)26-56-36-20-33(19-35(23-36)42(53)59-25-32-12-10-9-11-13-32)34-21-37(57-27-40(51)48-17-14-31(2)60-30-46)24-38(22-34)58-28-41(52)49-18-15-45(5,6)61-29-44(3,4)43(54)55/h9-13,19-24,31H,7-8,14-18,25-30,46H2,1-6H3,(H,47,50)(H,48,51)(H,49,52)(H,54,55). The van der Waals surface area contributed by atoms with Gasteiger partial charge in [-0.1, -0.05) is 43.7 Å². The van der Waals surface area contributed by atoms with E-state index in [2.05, 4.69) is 16.0 Å². The first-order valence-corrected chi connectivity index (χ1v) is 20.4. The van der Waals surface area contributed by atoms with Crippen LogP contribution < -0.4 is 35.9 Å². The summed E-state index contributed by atoms with van der Waals surface area (Å²) < 4.78 is 34.5. The molecule has 61 heavy (non-hydrogen) atoms. The van der Waals surface area contributed by atoms with E-state index in [-0.39, 0.29) is 87.0 Å². The van der Waals surface area contributed by atoms with Crippen molar-refractivity contribution in [3.63, 3.8) is 0 Å². The monoisotopic (exact) mass is 850 g/mol. The summed E-state index contributed by atoms with van der Waals surface area (Å²) in [6.45, 7) is 10.8. The highest BCUT2D eigenvalue weighted by molar-refractivity contribution is 5.92. The Labute approximate surface area is 358 Å². The van der Waals surface area contributed by atoms with Gasteiger partial charge in [0.2, 0.25) is 0 Å². The molecule has 3 amide bonds. The molecule has 1 unspecified atom stereocenters. The molecule has 16 nitrogen and oxygen atoms in total. The van der Waals surface area contributed by atoms with Crippen LogP contribution in [0.15, 0.2) is 66.7 Å². The number of aliphatic carboxylic acids is 1. The van der Waals surface area contributed by atoms with Crippen LogP contribution in [-0.2, 0) is 40.0 Å². The van der Waals surface area contributed by atoms with E-state index in [0.717, 1.165) is 18.4 Å². The number of hydrogen-bond donors (Lipinski definition) is 5. The maximum absolute atomic E-state index is 13.4. The van der Waals surface area contributed by atoms with Crippen LogP contribution in [-0.4, -0.2) is 99.3 Å². The lowest BCUT2D eigenvalue weighted by Crippen LogP contribution is -2.38. The number of amides is 3. The molecular formula is C45H62N4O12. The van der Waals surface area contributed by atoms with Crippen molar-refractivity contribution in [1.82, 2.24) is 16.0 Å². The van der Waals surface area contributed by atoms with Gasteiger partial charge in [0.1, 0.15) is 23.9 Å². The van der Waals surface area contributed by atoms with Gasteiger partial charge in [0.15, 0.2) is 19.8 Å². The minimum absolute atomic E-state index is 0.00245. The minimum Gasteiger partial charge on any atom is -0.484 e. The van der Waals surface area contributed by atoms with Gasteiger partial charge in [0.25, 0.3) is 17.7 Å². The number of benzene rings is 3. The molecule has 3 aromatic rings. The Hall–Kier alpha value is -5.71. The number of carboxylic acids is 1. The number of esters is 1. The molecule has 0 heterocycles. The zero-order chi connectivity index (χ0) is 44.8. The van der Waals surface area contributed by atoms with Crippen LogP contribution in [0.25, 0.3) is 11.1 Å². The van der Waals surface area contributed by atoms with Gasteiger partial charge in [-0.3, -0.25) is 19.2 Å². The summed E-state index contributed by atoms with van der Waals surface area (Å²) in [4.78, 5) is 63.1. The van der Waals surface area contributed by atoms with Gasteiger partial charge in [-0.2, -0.15) is 0 Å². The van der Waals surface area contributed by atoms with E-state index in [0.29, 0.717) is 37.1 Å². The molecule has 0 spiro atoms. The van der Waals surface area contributed by atoms with E-state index in [1.54, 1.807) is 38.1 Å². The molecule has 3 aromatic carbocycles. The topological polar surface area (TPSA) is 223 Å². The molecule has 0 aliphatic carbocycles. The third kappa shape index (κ3) is 19.0. The SMILES string of the molecule is CCCCNC(=O)COc1cc(C(=O)OCc2ccccc2)cc(-c2cc(OCC(=O)NCCC(C)OCN)cc(OCC(=O)NCCC(C)(C)OCC(C)(C)C(=O)O)c2)c1. The van der Waals surface area contributed by atoms with Crippen molar-refractivity contribution >= 4 is 29.7 Å². The smallest absolute Gasteiger partial charge is 0.338 e. The number of ether oxygens (including phenoxy) is 6. The summed E-state index contributed by atoms with van der Waals surface area (Å²) in [6, 6.07) is 18.7. The van der Waals surface area contributed by atoms with Gasteiger partial charge in [-0.25, -0.2) is 4.79 Å². The number of nitrogens with one attached hydrogen (secondary N) is 3. The third-order valence-corrected chi connectivity index (χ3v) is 9.24. The number of unbranched alkanes of at least 4 members (excludes halogenated alkanes) is 1. The molecule has 3 rings (SSSR count). The average Bonchev–Trinajstić information content (AvgIpc) is 3.23. The number of hydrogen-bond acceptors (Lipinski definition) is 12. The van der Waals surface area contributed by atoms with Gasteiger partial charge >= 0.3 is 11.9 Å². The fourth-order valence-electron chi connectivity index (χ4n) is 5.36. The number of carboxylic acid groups (broad SMARTS) is 1. The van der Waals surface area contributed by atoms with Crippen molar-refractivity contribution < 1.29 is 57.5 Å². The zero-order valence-corrected chi connectivity index (χ0v) is 36.1. The van der Waals surface area contributed by atoms with Crippen LogP contribution in [0.5, 0.6) is 17.2 Å². The largest absolute Gasteiger partial charge is 0.484 e. The lowest BCUT2D eigenvalue weighted by molar-refractivity contribution is -0.154. The highest BCUT2D eigenvalue weighted by Crippen LogP contribution is 2.33. The van der Waals surface area contributed by atoms with Crippen molar-refractivity contribution in [2.45, 2.75) is 85.5 Å². The predicted octanol–water partition coefficient (Wildman–Crippen LogP) is 5.00. The van der Waals surface area contributed by atoms with Crippen LogP contribution in [0.1, 0.15) is 83.1 Å². The highest BCUT2D eigenvalue weighted by Gasteiger charge is 2.31. The lowest BCUT2D eigenvalue weighted by atomic mass is 9.94. The second-order valence-corrected chi connectivity index (χ2v) is 15.7. The number of nitrogens with two attached hydrogens (primary N) is 1. The maximum atomic E-state index is 13.4. The summed E-state index contributed by atoms with van der Waals surface area (Å²) in [7, 11) is 0. The summed E-state index contributed by atoms with van der Waals surface area (Å²) in [5.41, 5.74) is 5.52. The van der Waals surface area contributed by atoms with E-state index in [1.807, 2.05) is 58.0 Å². The molecule has 334 valence electrons. The van der Waals surface area contributed by atoms with Crippen molar-refractivity contribution in [3.05, 3.63) is 77.9 Å². The lowest BCUT2D eigenvalue weighted by Gasteiger charge is -2.29. The van der Waals surface area contributed by atoms with E-state index in [9.17, 15) is 29.1 Å². The summed E-state index contributed by atoms with van der Waals surface area (Å²) >= 11 is 0. The first kappa shape index (κ1) is 49.7. The molecule has 0 saturated heterocycles. The fourth-order valence-corrected chi connectivity index (χ4v) is 5.36. The molecule has 0 fully saturated rings. The van der Waals surface area contributed by atoms with Crippen molar-refractivity contribution in [3.8, 4) is 28.4 Å². The summed E-state index contributed by atoms with van der Waals surface area (Å²) in [5, 5.41) is 17.8. The molecular weight excluding hydrogens is 789 g/mol. The van der Waals surface area contributed by atoms with Crippen LogP contribution in [0.3, 0.4) is 0 Å². The molecule has 1 atom stereocenters. The first-order valence-electron chi connectivity index (χ1n) is 20.4. The Morgan fingerprint density at radius 1 is 0.738 bits per heavy atom. The van der Waals surface area contributed by atoms with E-state index in [1.165, 1.54) is 12.1 Å².